The van der Waals surface area contributed by atoms with Gasteiger partial charge in [0.15, 0.2) is 5.75 Å². The minimum absolute atomic E-state index is 0.585. The molecule has 35 heavy (non-hydrogen) atoms. The third-order valence-corrected chi connectivity index (χ3v) is 6.30. The van der Waals surface area contributed by atoms with Crippen molar-refractivity contribution in [2.75, 3.05) is 5.75 Å². The van der Waals surface area contributed by atoms with Crippen molar-refractivity contribution in [1.82, 2.24) is 4.72 Å². The monoisotopic (exact) mass is 499 g/mol. The number of carbonyl (C=O) groups is 1. The molecule has 0 bridgehead atoms. The molecule has 0 unspecified atom stereocenters. The van der Waals surface area contributed by atoms with Crippen LogP contribution in [0.25, 0.3) is 17.2 Å². The van der Waals surface area contributed by atoms with Crippen LogP contribution in [0, 0.1) is 0 Å². The van der Waals surface area contributed by atoms with Gasteiger partial charge in [-0.15, -0.1) is 0 Å². The van der Waals surface area contributed by atoms with Crippen LogP contribution in [0.5, 0.6) is 0 Å². The molecule has 0 radical (unpaired) electrons. The summed E-state index contributed by atoms with van der Waals surface area (Å²) >= 11 is 0. The lowest BCUT2D eigenvalue weighted by molar-refractivity contribution is -0.115. The number of rotatable bonds is 8. The Labute approximate surface area is 202 Å². The van der Waals surface area contributed by atoms with Gasteiger partial charge in [-0.2, -0.15) is 13.2 Å². The summed E-state index contributed by atoms with van der Waals surface area (Å²) in [5, 5.41) is 0. The fraction of sp³-hybridized carbons (Fsp3) is 0.148. The lowest BCUT2D eigenvalue weighted by Crippen LogP contribution is -2.36. The molecule has 0 aliphatic heterocycles. The first-order valence-corrected chi connectivity index (χ1v) is 12.5. The van der Waals surface area contributed by atoms with E-state index in [1.165, 1.54) is 10.8 Å². The number of hydrogen-bond acceptors (Lipinski definition) is 3. The van der Waals surface area contributed by atoms with Gasteiger partial charge >= 0.3 is 6.18 Å². The van der Waals surface area contributed by atoms with Gasteiger partial charge in [0.25, 0.3) is 5.91 Å². The summed E-state index contributed by atoms with van der Waals surface area (Å²) in [5.74, 6) is -3.27. The lowest BCUT2D eigenvalue weighted by atomic mass is 9.88. The first-order valence-electron chi connectivity index (χ1n) is 10.8. The molecular weight excluding hydrogens is 475 g/mol. The van der Waals surface area contributed by atoms with E-state index >= 15 is 0 Å². The standard InChI is InChI=1S/C27H24F3NO3S/c1-2-24(21-9-5-3-6-10-21)26(22-11-7-4-8-12-22)23-16-13-20(14-17-23)15-18-25(32)31-35(33,34)19-27(28,29)30/h3-18H,2,19H2,1H3,(H,31,32). The molecule has 1 N–H and O–H groups in total. The third-order valence-electron chi connectivity index (χ3n) is 5.08. The first-order chi connectivity index (χ1) is 16.6. The molecule has 4 nitrogen and oxygen atoms in total. The molecule has 0 saturated carbocycles. The molecule has 1 amide bonds. The number of halogens is 3. The molecule has 0 aliphatic rings. The molecule has 0 atom stereocenters. The summed E-state index contributed by atoms with van der Waals surface area (Å²) in [5.41, 5.74) is 5.91. The van der Waals surface area contributed by atoms with Crippen LogP contribution >= 0.6 is 0 Å². The van der Waals surface area contributed by atoms with Crippen LogP contribution < -0.4 is 4.72 Å². The van der Waals surface area contributed by atoms with E-state index in [1.807, 2.05) is 60.7 Å². The van der Waals surface area contributed by atoms with Crippen molar-refractivity contribution in [3.8, 4) is 0 Å². The molecule has 3 aromatic carbocycles. The van der Waals surface area contributed by atoms with E-state index in [0.717, 1.165) is 40.3 Å². The van der Waals surface area contributed by atoms with Gasteiger partial charge in [-0.3, -0.25) is 4.79 Å². The summed E-state index contributed by atoms with van der Waals surface area (Å²) < 4.78 is 61.2. The molecule has 0 spiro atoms. The Hall–Kier alpha value is -3.65. The second-order valence-corrected chi connectivity index (χ2v) is 9.46. The SMILES string of the molecule is CCC(=C(c1ccccc1)c1ccc(C=CC(=O)NS(=O)(=O)CC(F)(F)F)cc1)c1ccccc1. The average Bonchev–Trinajstić information content (AvgIpc) is 2.81. The van der Waals surface area contributed by atoms with Crippen molar-refractivity contribution in [1.29, 1.82) is 0 Å². The van der Waals surface area contributed by atoms with Crippen LogP contribution in [0.3, 0.4) is 0 Å². The number of carbonyl (C=O) groups excluding carboxylic acids is 1. The highest BCUT2D eigenvalue weighted by Crippen LogP contribution is 2.34. The topological polar surface area (TPSA) is 63.2 Å². The van der Waals surface area contributed by atoms with Crippen LogP contribution in [0.4, 0.5) is 13.2 Å². The Kier molecular flexibility index (Phi) is 8.30. The number of nitrogens with one attached hydrogen (secondary N) is 1. The molecule has 0 aliphatic carbocycles. The second-order valence-electron chi connectivity index (χ2n) is 7.74. The Bertz CT molecular complexity index is 1310. The molecule has 0 fully saturated rings. The van der Waals surface area contributed by atoms with E-state index in [4.69, 9.17) is 0 Å². The normalized spacial score (nSPS) is 12.9. The Morgan fingerprint density at radius 2 is 1.34 bits per heavy atom. The minimum atomic E-state index is -4.94. The fourth-order valence-electron chi connectivity index (χ4n) is 3.66. The van der Waals surface area contributed by atoms with Gasteiger partial charge in [0.05, 0.1) is 0 Å². The van der Waals surface area contributed by atoms with E-state index in [-0.39, 0.29) is 0 Å². The zero-order chi connectivity index (χ0) is 25.5. The molecule has 3 rings (SSSR count). The van der Waals surface area contributed by atoms with Crippen LogP contribution in [0.2, 0.25) is 0 Å². The quantitative estimate of drug-likeness (QED) is 0.302. The lowest BCUT2D eigenvalue weighted by Gasteiger charge is -2.16. The number of benzene rings is 3. The molecule has 0 saturated heterocycles. The Balaban J connectivity index is 1.88. The van der Waals surface area contributed by atoms with Crippen LogP contribution in [0.15, 0.2) is 91.0 Å². The van der Waals surface area contributed by atoms with E-state index < -0.39 is 27.9 Å². The summed E-state index contributed by atoms with van der Waals surface area (Å²) in [7, 11) is -4.81. The highest BCUT2D eigenvalue weighted by Gasteiger charge is 2.35. The first kappa shape index (κ1) is 26.0. The average molecular weight is 500 g/mol. The van der Waals surface area contributed by atoms with Crippen molar-refractivity contribution in [3.63, 3.8) is 0 Å². The van der Waals surface area contributed by atoms with Gasteiger partial charge in [0.2, 0.25) is 10.0 Å². The molecule has 3 aromatic rings. The van der Waals surface area contributed by atoms with Crippen molar-refractivity contribution in [3.05, 3.63) is 113 Å². The number of alkyl halides is 3. The number of allylic oxidation sites excluding steroid dienone is 1. The van der Waals surface area contributed by atoms with Crippen LogP contribution in [-0.4, -0.2) is 26.3 Å². The predicted molar refractivity (Wildman–Crippen MR) is 133 cm³/mol. The Morgan fingerprint density at radius 1 is 0.829 bits per heavy atom. The molecule has 0 aromatic heterocycles. The molecule has 8 heteroatoms. The predicted octanol–water partition coefficient (Wildman–Crippen LogP) is 6.08. The minimum Gasteiger partial charge on any atom is -0.269 e. The Morgan fingerprint density at radius 3 is 1.86 bits per heavy atom. The highest BCUT2D eigenvalue weighted by atomic mass is 32.2. The fourth-order valence-corrected chi connectivity index (χ4v) is 4.53. The van der Waals surface area contributed by atoms with Gasteiger partial charge < -0.3 is 0 Å². The van der Waals surface area contributed by atoms with Gasteiger partial charge in [-0.1, -0.05) is 91.9 Å². The van der Waals surface area contributed by atoms with E-state index in [1.54, 1.807) is 12.1 Å². The van der Waals surface area contributed by atoms with Gasteiger partial charge in [0.1, 0.15) is 0 Å². The maximum atomic E-state index is 12.3. The largest absolute Gasteiger partial charge is 0.404 e. The van der Waals surface area contributed by atoms with E-state index in [9.17, 15) is 26.4 Å². The zero-order valence-corrected chi connectivity index (χ0v) is 19.7. The summed E-state index contributed by atoms with van der Waals surface area (Å²) in [6.45, 7) is 2.09. The van der Waals surface area contributed by atoms with Crippen molar-refractivity contribution < 1.29 is 26.4 Å². The second kappa shape index (κ2) is 11.2. The summed E-state index contributed by atoms with van der Waals surface area (Å²) in [6, 6.07) is 27.3. The summed E-state index contributed by atoms with van der Waals surface area (Å²) in [4.78, 5) is 11.8. The van der Waals surface area contributed by atoms with Crippen molar-refractivity contribution in [2.24, 2.45) is 0 Å². The maximum Gasteiger partial charge on any atom is 0.404 e. The number of hydrogen-bond donors (Lipinski definition) is 1. The molecule has 0 heterocycles. The van der Waals surface area contributed by atoms with Gasteiger partial charge in [0, 0.05) is 6.08 Å². The smallest absolute Gasteiger partial charge is 0.269 e. The summed E-state index contributed by atoms with van der Waals surface area (Å²) in [6.07, 6.45) is -1.92. The van der Waals surface area contributed by atoms with Crippen LogP contribution in [-0.2, 0) is 14.8 Å². The molecule has 182 valence electrons. The van der Waals surface area contributed by atoms with Crippen molar-refractivity contribution in [2.45, 2.75) is 19.5 Å². The van der Waals surface area contributed by atoms with E-state index in [2.05, 4.69) is 19.1 Å². The van der Waals surface area contributed by atoms with Gasteiger partial charge in [-0.25, -0.2) is 13.1 Å². The van der Waals surface area contributed by atoms with Gasteiger partial charge in [-0.05, 0) is 45.9 Å². The highest BCUT2D eigenvalue weighted by molar-refractivity contribution is 7.90. The molecular formula is C27H24F3NO3S. The van der Waals surface area contributed by atoms with Crippen molar-refractivity contribution >= 4 is 33.2 Å². The maximum absolute atomic E-state index is 12.3. The number of sulfonamides is 1. The number of amides is 1. The third kappa shape index (κ3) is 7.68. The van der Waals surface area contributed by atoms with E-state index in [0.29, 0.717) is 5.56 Å². The zero-order valence-electron chi connectivity index (χ0n) is 18.9. The van der Waals surface area contributed by atoms with Crippen LogP contribution in [0.1, 0.15) is 35.6 Å².